The van der Waals surface area contributed by atoms with Crippen LogP contribution in [-0.2, 0) is 13.1 Å². The van der Waals surface area contributed by atoms with Crippen molar-refractivity contribution in [2.45, 2.75) is 19.5 Å². The van der Waals surface area contributed by atoms with Gasteiger partial charge in [-0.15, -0.1) is 12.4 Å². The number of rotatable bonds is 5. The molecular formula is C24H24ClN5O2. The van der Waals surface area contributed by atoms with Crippen molar-refractivity contribution in [3.63, 3.8) is 0 Å². The molecule has 7 nitrogen and oxygen atoms in total. The Morgan fingerprint density at radius 1 is 1.09 bits per heavy atom. The van der Waals surface area contributed by atoms with E-state index in [2.05, 4.69) is 32.8 Å². The van der Waals surface area contributed by atoms with Crippen molar-refractivity contribution in [1.29, 1.82) is 5.26 Å². The van der Waals surface area contributed by atoms with E-state index in [1.54, 1.807) is 12.1 Å². The highest BCUT2D eigenvalue weighted by Gasteiger charge is 2.23. The van der Waals surface area contributed by atoms with E-state index in [1.807, 2.05) is 30.3 Å². The maximum absolute atomic E-state index is 12.7. The van der Waals surface area contributed by atoms with Crippen molar-refractivity contribution in [3.8, 4) is 6.07 Å². The highest BCUT2D eigenvalue weighted by molar-refractivity contribution is 5.85. The number of nitrogens with one attached hydrogen (secondary N) is 1. The summed E-state index contributed by atoms with van der Waals surface area (Å²) in [6.45, 7) is 3.82. The summed E-state index contributed by atoms with van der Waals surface area (Å²) >= 11 is 0. The third-order valence-corrected chi connectivity index (χ3v) is 6.26. The molecule has 0 aliphatic carbocycles. The van der Waals surface area contributed by atoms with Crippen LogP contribution in [0.15, 0.2) is 64.3 Å². The first-order valence-corrected chi connectivity index (χ1v) is 10.6. The van der Waals surface area contributed by atoms with Crippen LogP contribution < -0.4 is 11.2 Å². The van der Waals surface area contributed by atoms with Crippen molar-refractivity contribution in [2.24, 2.45) is 5.92 Å². The van der Waals surface area contributed by atoms with Crippen LogP contribution in [0.5, 0.6) is 0 Å². The van der Waals surface area contributed by atoms with Gasteiger partial charge in [-0.3, -0.25) is 9.36 Å². The molecule has 1 aliphatic heterocycles. The topological polar surface area (TPSA) is 86.8 Å². The number of hydrogen-bond acceptors (Lipinski definition) is 4. The third-order valence-electron chi connectivity index (χ3n) is 6.26. The number of likely N-dealkylation sites (tertiary alicyclic amines) is 1. The van der Waals surface area contributed by atoms with Crippen molar-refractivity contribution in [2.75, 3.05) is 19.6 Å². The van der Waals surface area contributed by atoms with Gasteiger partial charge in [0.05, 0.1) is 22.5 Å². The fourth-order valence-electron chi connectivity index (χ4n) is 4.60. The number of aromatic nitrogens is 3. The van der Waals surface area contributed by atoms with Crippen LogP contribution in [0.3, 0.4) is 0 Å². The van der Waals surface area contributed by atoms with Gasteiger partial charge in [0.25, 0.3) is 5.56 Å². The van der Waals surface area contributed by atoms with Gasteiger partial charge in [0, 0.05) is 37.9 Å². The third kappa shape index (κ3) is 4.07. The van der Waals surface area contributed by atoms with Gasteiger partial charge >= 0.3 is 5.69 Å². The molecule has 0 radical (unpaired) electrons. The Morgan fingerprint density at radius 3 is 2.78 bits per heavy atom. The van der Waals surface area contributed by atoms with Crippen molar-refractivity contribution in [1.82, 2.24) is 19.0 Å². The quantitative estimate of drug-likeness (QED) is 0.507. The predicted octanol–water partition coefficient (Wildman–Crippen LogP) is 2.96. The van der Waals surface area contributed by atoms with E-state index in [4.69, 9.17) is 0 Å². The number of hydrogen-bond donors (Lipinski definition) is 1. The molecule has 32 heavy (non-hydrogen) atoms. The van der Waals surface area contributed by atoms with E-state index < -0.39 is 0 Å². The van der Waals surface area contributed by atoms with Gasteiger partial charge in [0.1, 0.15) is 0 Å². The van der Waals surface area contributed by atoms with Crippen molar-refractivity contribution in [3.05, 3.63) is 81.1 Å². The molecule has 0 amide bonds. The Labute approximate surface area is 190 Å². The minimum atomic E-state index is -0.355. The zero-order valence-electron chi connectivity index (χ0n) is 17.5. The number of halogens is 1. The largest absolute Gasteiger partial charge is 0.347 e. The van der Waals surface area contributed by atoms with E-state index in [-0.39, 0.29) is 23.7 Å². The molecule has 4 aromatic rings. The normalized spacial score (nSPS) is 16.3. The van der Waals surface area contributed by atoms with Crippen LogP contribution in [0.25, 0.3) is 21.8 Å². The molecule has 3 heterocycles. The summed E-state index contributed by atoms with van der Waals surface area (Å²) in [5, 5.41) is 10.9. The average Bonchev–Trinajstić information content (AvgIpc) is 3.40. The SMILES string of the molecule is Cl.N#Cc1ccc2ccn(CC3CCN(CCn4c(=O)[nH]c5ccccc5c4=O)C3)c2c1. The molecule has 1 N–H and O–H groups in total. The number of nitriles is 1. The summed E-state index contributed by atoms with van der Waals surface area (Å²) in [7, 11) is 0. The van der Waals surface area contributed by atoms with E-state index in [9.17, 15) is 14.9 Å². The fraction of sp³-hybridized carbons (Fsp3) is 0.292. The lowest BCUT2D eigenvalue weighted by Gasteiger charge is -2.17. The molecule has 1 aliphatic rings. The molecular weight excluding hydrogens is 426 g/mol. The first-order chi connectivity index (χ1) is 15.1. The number of benzene rings is 2. The van der Waals surface area contributed by atoms with Crippen molar-refractivity contribution >= 4 is 34.2 Å². The van der Waals surface area contributed by atoms with E-state index in [1.165, 1.54) is 4.57 Å². The van der Waals surface area contributed by atoms with Crippen molar-refractivity contribution < 1.29 is 0 Å². The predicted molar refractivity (Wildman–Crippen MR) is 127 cm³/mol. The summed E-state index contributed by atoms with van der Waals surface area (Å²) in [5.41, 5.74) is 1.75. The van der Waals surface area contributed by atoms with Gasteiger partial charge in [-0.25, -0.2) is 4.79 Å². The lowest BCUT2D eigenvalue weighted by molar-refractivity contribution is 0.300. The van der Waals surface area contributed by atoms with E-state index >= 15 is 0 Å². The van der Waals surface area contributed by atoms with Crippen LogP contribution in [0.4, 0.5) is 0 Å². The van der Waals surface area contributed by atoms with E-state index in [0.29, 0.717) is 35.5 Å². The molecule has 8 heteroatoms. The average molecular weight is 450 g/mol. The Balaban J connectivity index is 0.00000245. The highest BCUT2D eigenvalue weighted by atomic mass is 35.5. The van der Waals surface area contributed by atoms with Gasteiger partial charge in [-0.1, -0.05) is 18.2 Å². The minimum absolute atomic E-state index is 0. The number of aromatic amines is 1. The summed E-state index contributed by atoms with van der Waals surface area (Å²) in [6, 6.07) is 17.2. The monoisotopic (exact) mass is 449 g/mol. The number of para-hydroxylation sites is 1. The Morgan fingerprint density at radius 2 is 1.94 bits per heavy atom. The molecule has 1 atom stereocenters. The molecule has 0 bridgehead atoms. The first-order valence-electron chi connectivity index (χ1n) is 10.6. The summed E-state index contributed by atoms with van der Waals surface area (Å²) in [5.74, 6) is 0.493. The second-order valence-corrected chi connectivity index (χ2v) is 8.24. The Bertz CT molecular complexity index is 1430. The molecule has 5 rings (SSSR count). The molecule has 1 unspecified atom stereocenters. The maximum atomic E-state index is 12.7. The van der Waals surface area contributed by atoms with Gasteiger partial charge in [-0.05, 0) is 54.6 Å². The minimum Gasteiger partial charge on any atom is -0.347 e. The Hall–Kier alpha value is -3.34. The number of fused-ring (bicyclic) bond motifs is 2. The zero-order valence-corrected chi connectivity index (χ0v) is 18.3. The lowest BCUT2D eigenvalue weighted by atomic mass is 10.1. The molecule has 1 saturated heterocycles. The smallest absolute Gasteiger partial charge is 0.328 e. The Kier molecular flexibility index (Phi) is 6.17. The summed E-state index contributed by atoms with van der Waals surface area (Å²) in [6.07, 6.45) is 3.16. The summed E-state index contributed by atoms with van der Waals surface area (Å²) < 4.78 is 3.53. The number of nitrogens with zero attached hydrogens (tertiary/aromatic N) is 4. The second kappa shape index (κ2) is 9.03. The molecule has 164 valence electrons. The standard InChI is InChI=1S/C24H23N5O2.ClH/c25-14-17-5-6-19-8-10-28(22(19)13-17)16-18-7-9-27(15-18)11-12-29-23(30)20-3-1-2-4-21(20)26-24(29)31;/h1-6,8,10,13,18H,7,9,11-12,15-16H2,(H,26,31);1H. The van der Waals surface area contributed by atoms with Gasteiger partial charge in [0.2, 0.25) is 0 Å². The molecule has 0 spiro atoms. The van der Waals surface area contributed by atoms with Gasteiger partial charge in [-0.2, -0.15) is 5.26 Å². The van der Waals surface area contributed by atoms with Crippen LogP contribution in [0, 0.1) is 17.2 Å². The highest BCUT2D eigenvalue weighted by Crippen LogP contribution is 2.23. The van der Waals surface area contributed by atoms with Crippen LogP contribution in [0.1, 0.15) is 12.0 Å². The molecule has 0 saturated carbocycles. The van der Waals surface area contributed by atoms with Gasteiger partial charge < -0.3 is 14.5 Å². The molecule has 2 aromatic heterocycles. The lowest BCUT2D eigenvalue weighted by Crippen LogP contribution is -2.38. The molecule has 1 fully saturated rings. The fourth-order valence-corrected chi connectivity index (χ4v) is 4.60. The van der Waals surface area contributed by atoms with E-state index in [0.717, 1.165) is 37.0 Å². The van der Waals surface area contributed by atoms with Gasteiger partial charge in [0.15, 0.2) is 0 Å². The van der Waals surface area contributed by atoms with Crippen LogP contribution in [0.2, 0.25) is 0 Å². The number of H-pyrrole nitrogens is 1. The van der Waals surface area contributed by atoms with Crippen LogP contribution >= 0.6 is 12.4 Å². The summed E-state index contributed by atoms with van der Waals surface area (Å²) in [4.78, 5) is 30.2. The first kappa shape index (κ1) is 21.9. The molecule has 2 aromatic carbocycles. The van der Waals surface area contributed by atoms with Crippen LogP contribution in [-0.4, -0.2) is 38.7 Å². The zero-order chi connectivity index (χ0) is 21.4. The maximum Gasteiger partial charge on any atom is 0.328 e. The second-order valence-electron chi connectivity index (χ2n) is 8.24.